The van der Waals surface area contributed by atoms with Crippen molar-refractivity contribution in [2.24, 2.45) is 0 Å². The van der Waals surface area contributed by atoms with E-state index >= 15 is 0 Å². The molecule has 4 rings (SSSR count). The molecular formula is C21H23FN4O3S2. The molecule has 2 heterocycles. The van der Waals surface area contributed by atoms with Crippen LogP contribution in [-0.2, 0) is 14.8 Å². The lowest BCUT2D eigenvalue weighted by Crippen LogP contribution is -2.40. The van der Waals surface area contributed by atoms with Gasteiger partial charge in [-0.25, -0.2) is 12.8 Å². The van der Waals surface area contributed by atoms with Crippen LogP contribution in [0.4, 0.5) is 4.39 Å². The summed E-state index contributed by atoms with van der Waals surface area (Å²) in [4.78, 5) is 0.193. The lowest BCUT2D eigenvalue weighted by molar-refractivity contribution is 0.0730. The molecule has 31 heavy (non-hydrogen) atoms. The summed E-state index contributed by atoms with van der Waals surface area (Å²) in [5, 5.41) is 9.57. The predicted molar refractivity (Wildman–Crippen MR) is 117 cm³/mol. The van der Waals surface area contributed by atoms with Crippen LogP contribution in [-0.4, -0.2) is 59.0 Å². The van der Waals surface area contributed by atoms with Crippen LogP contribution in [0.2, 0.25) is 0 Å². The SMILES string of the molecule is CC(C)Sc1nnc(-c2cccc(S(=O)(=O)N3CCOCC3)c2)n1-c1ccc(F)cc1. The number of nitrogens with zero attached hydrogens (tertiary/aromatic N) is 4. The first-order valence-corrected chi connectivity index (χ1v) is 12.2. The smallest absolute Gasteiger partial charge is 0.243 e. The van der Waals surface area contributed by atoms with Gasteiger partial charge in [0.05, 0.1) is 18.1 Å². The van der Waals surface area contributed by atoms with Gasteiger partial charge in [0.1, 0.15) is 5.82 Å². The highest BCUT2D eigenvalue weighted by Gasteiger charge is 2.27. The summed E-state index contributed by atoms with van der Waals surface area (Å²) in [5.41, 5.74) is 1.31. The Labute approximate surface area is 185 Å². The molecule has 0 atom stereocenters. The second-order valence-corrected chi connectivity index (χ2v) is 10.8. The van der Waals surface area contributed by atoms with E-state index in [1.165, 1.54) is 28.2 Å². The van der Waals surface area contributed by atoms with Crippen LogP contribution >= 0.6 is 11.8 Å². The molecule has 0 aliphatic carbocycles. The zero-order valence-corrected chi connectivity index (χ0v) is 18.9. The van der Waals surface area contributed by atoms with Gasteiger partial charge in [0.2, 0.25) is 10.0 Å². The van der Waals surface area contributed by atoms with Gasteiger partial charge in [-0.3, -0.25) is 4.57 Å². The number of morpholine rings is 1. The van der Waals surface area contributed by atoms with E-state index in [0.29, 0.717) is 48.5 Å². The molecule has 7 nitrogen and oxygen atoms in total. The molecule has 1 aromatic heterocycles. The number of benzene rings is 2. The van der Waals surface area contributed by atoms with Crippen LogP contribution in [0.25, 0.3) is 17.1 Å². The number of aromatic nitrogens is 3. The van der Waals surface area contributed by atoms with Gasteiger partial charge >= 0.3 is 0 Å². The van der Waals surface area contributed by atoms with E-state index in [4.69, 9.17) is 4.74 Å². The molecule has 10 heteroatoms. The zero-order valence-electron chi connectivity index (χ0n) is 17.2. The van der Waals surface area contributed by atoms with Crippen molar-refractivity contribution in [1.82, 2.24) is 19.1 Å². The Morgan fingerprint density at radius 2 is 1.77 bits per heavy atom. The molecule has 1 aliphatic rings. The highest BCUT2D eigenvalue weighted by atomic mass is 32.2. The summed E-state index contributed by atoms with van der Waals surface area (Å²) in [7, 11) is -3.65. The summed E-state index contributed by atoms with van der Waals surface area (Å²) >= 11 is 1.53. The number of sulfonamides is 1. The molecule has 3 aromatic rings. The summed E-state index contributed by atoms with van der Waals surface area (Å²) < 4.78 is 48.2. The normalized spacial score (nSPS) is 15.5. The van der Waals surface area contributed by atoms with Crippen LogP contribution in [0.1, 0.15) is 13.8 Å². The number of hydrogen-bond acceptors (Lipinski definition) is 6. The number of thioether (sulfide) groups is 1. The molecule has 0 radical (unpaired) electrons. The van der Waals surface area contributed by atoms with Gasteiger partial charge in [-0.1, -0.05) is 37.7 Å². The Morgan fingerprint density at radius 3 is 2.45 bits per heavy atom. The number of halogens is 1. The Hall–Kier alpha value is -2.27. The van der Waals surface area contributed by atoms with Crippen LogP contribution < -0.4 is 0 Å². The summed E-state index contributed by atoms with van der Waals surface area (Å²) in [5.74, 6) is 0.156. The van der Waals surface area contributed by atoms with Crippen molar-refractivity contribution in [2.45, 2.75) is 29.1 Å². The minimum Gasteiger partial charge on any atom is -0.379 e. The highest BCUT2D eigenvalue weighted by Crippen LogP contribution is 2.31. The van der Waals surface area contributed by atoms with Crippen molar-refractivity contribution in [3.8, 4) is 17.1 Å². The van der Waals surface area contributed by atoms with E-state index in [0.717, 1.165) is 0 Å². The van der Waals surface area contributed by atoms with Crippen LogP contribution in [0.5, 0.6) is 0 Å². The van der Waals surface area contributed by atoms with Crippen molar-refractivity contribution >= 4 is 21.8 Å². The van der Waals surface area contributed by atoms with Crippen LogP contribution in [0.3, 0.4) is 0 Å². The fourth-order valence-electron chi connectivity index (χ4n) is 3.30. The summed E-state index contributed by atoms with van der Waals surface area (Å²) in [6.45, 7) is 5.51. The van der Waals surface area contributed by atoms with E-state index in [1.807, 2.05) is 18.4 Å². The number of rotatable bonds is 6. The Morgan fingerprint density at radius 1 is 1.06 bits per heavy atom. The molecule has 0 bridgehead atoms. The van der Waals surface area contributed by atoms with Crippen LogP contribution in [0, 0.1) is 5.82 Å². The quantitative estimate of drug-likeness (QED) is 0.521. The standard InChI is InChI=1S/C21H23FN4O3S2/c1-15(2)30-21-24-23-20(26(21)18-8-6-17(22)7-9-18)16-4-3-5-19(14-16)31(27,28)25-10-12-29-13-11-25/h3-9,14-15H,10-13H2,1-2H3. The maximum absolute atomic E-state index is 13.5. The van der Waals surface area contributed by atoms with Crippen molar-refractivity contribution in [2.75, 3.05) is 26.3 Å². The average Bonchev–Trinajstić information content (AvgIpc) is 3.18. The first-order valence-electron chi connectivity index (χ1n) is 9.92. The zero-order chi connectivity index (χ0) is 22.0. The topological polar surface area (TPSA) is 77.3 Å². The molecule has 1 aliphatic heterocycles. The van der Waals surface area contributed by atoms with E-state index in [9.17, 15) is 12.8 Å². The fourth-order valence-corrected chi connectivity index (χ4v) is 5.56. The minimum atomic E-state index is -3.65. The second-order valence-electron chi connectivity index (χ2n) is 7.33. The lowest BCUT2D eigenvalue weighted by atomic mass is 10.2. The van der Waals surface area contributed by atoms with Crippen molar-refractivity contribution in [3.05, 3.63) is 54.3 Å². The average molecular weight is 463 g/mol. The van der Waals surface area contributed by atoms with Gasteiger partial charge in [-0.2, -0.15) is 4.31 Å². The molecule has 0 saturated carbocycles. The first kappa shape index (κ1) is 21.9. The monoisotopic (exact) mass is 462 g/mol. The van der Waals surface area contributed by atoms with Crippen molar-refractivity contribution in [1.29, 1.82) is 0 Å². The molecular weight excluding hydrogens is 439 g/mol. The van der Waals surface area contributed by atoms with E-state index < -0.39 is 10.0 Å². The number of ether oxygens (including phenoxy) is 1. The van der Waals surface area contributed by atoms with Crippen molar-refractivity contribution < 1.29 is 17.5 Å². The fraction of sp³-hybridized carbons (Fsp3) is 0.333. The summed E-state index contributed by atoms with van der Waals surface area (Å²) in [6, 6.07) is 12.7. The Kier molecular flexibility index (Phi) is 6.42. The first-order chi connectivity index (χ1) is 14.9. The van der Waals surface area contributed by atoms with Gasteiger partial charge in [0.15, 0.2) is 11.0 Å². The molecule has 1 saturated heterocycles. The molecule has 0 amide bonds. The van der Waals surface area contributed by atoms with Crippen molar-refractivity contribution in [3.63, 3.8) is 0 Å². The van der Waals surface area contributed by atoms with Crippen LogP contribution in [0.15, 0.2) is 58.6 Å². The highest BCUT2D eigenvalue weighted by molar-refractivity contribution is 7.99. The predicted octanol–water partition coefficient (Wildman–Crippen LogP) is 3.59. The molecule has 0 unspecified atom stereocenters. The molecule has 1 fully saturated rings. The lowest BCUT2D eigenvalue weighted by Gasteiger charge is -2.26. The third-order valence-electron chi connectivity index (χ3n) is 4.76. The Bertz CT molecular complexity index is 1160. The third kappa shape index (κ3) is 4.67. The molecule has 2 aromatic carbocycles. The maximum Gasteiger partial charge on any atom is 0.243 e. The Balaban J connectivity index is 1.79. The molecule has 164 valence electrons. The second kappa shape index (κ2) is 9.07. The van der Waals surface area contributed by atoms with E-state index in [2.05, 4.69) is 10.2 Å². The minimum absolute atomic E-state index is 0.193. The van der Waals surface area contributed by atoms with Gasteiger partial charge in [-0.05, 0) is 36.4 Å². The maximum atomic E-state index is 13.5. The number of hydrogen-bond donors (Lipinski definition) is 0. The molecule has 0 N–H and O–H groups in total. The third-order valence-corrected chi connectivity index (χ3v) is 7.60. The van der Waals surface area contributed by atoms with E-state index in [-0.39, 0.29) is 16.0 Å². The van der Waals surface area contributed by atoms with Gasteiger partial charge < -0.3 is 4.74 Å². The van der Waals surface area contributed by atoms with Gasteiger partial charge in [0, 0.05) is 29.6 Å². The largest absolute Gasteiger partial charge is 0.379 e. The van der Waals surface area contributed by atoms with Gasteiger partial charge in [0.25, 0.3) is 0 Å². The van der Waals surface area contributed by atoms with E-state index in [1.54, 1.807) is 36.4 Å². The van der Waals surface area contributed by atoms with Gasteiger partial charge in [-0.15, -0.1) is 10.2 Å². The summed E-state index contributed by atoms with van der Waals surface area (Å²) in [6.07, 6.45) is 0. The molecule has 0 spiro atoms.